The predicted molar refractivity (Wildman–Crippen MR) is 71.9 cm³/mol. The summed E-state index contributed by atoms with van der Waals surface area (Å²) in [4.78, 5) is 1.43. The number of ether oxygens (including phenoxy) is 1. The molecule has 1 saturated carbocycles. The van der Waals surface area contributed by atoms with E-state index < -0.39 is 0 Å². The van der Waals surface area contributed by atoms with Crippen LogP contribution >= 0.6 is 11.8 Å². The van der Waals surface area contributed by atoms with Crippen molar-refractivity contribution in [3.05, 3.63) is 23.8 Å². The van der Waals surface area contributed by atoms with Gasteiger partial charge < -0.3 is 10.1 Å². The molecule has 1 fully saturated rings. The van der Waals surface area contributed by atoms with Gasteiger partial charge >= 0.3 is 0 Å². The van der Waals surface area contributed by atoms with E-state index in [1.165, 1.54) is 41.9 Å². The molecule has 2 nitrogen and oxygen atoms in total. The number of nitrogens with one attached hydrogen (secondary N) is 1. The summed E-state index contributed by atoms with van der Waals surface area (Å²) in [5.41, 5.74) is 1.44. The number of methoxy groups -OCH3 is 1. The Bertz CT molecular complexity index is 403. The third-order valence-corrected chi connectivity index (χ3v) is 4.68. The summed E-state index contributed by atoms with van der Waals surface area (Å²) in [6.45, 7) is 0. The Morgan fingerprint density at radius 3 is 2.94 bits per heavy atom. The summed E-state index contributed by atoms with van der Waals surface area (Å²) in [6, 6.07) is 7.80. The van der Waals surface area contributed by atoms with Crippen molar-refractivity contribution in [1.29, 1.82) is 0 Å². The summed E-state index contributed by atoms with van der Waals surface area (Å²) in [7, 11) is 1.74. The van der Waals surface area contributed by atoms with Crippen LogP contribution < -0.4 is 10.1 Å². The molecule has 0 spiro atoms. The van der Waals surface area contributed by atoms with Crippen LogP contribution in [0.1, 0.15) is 37.3 Å². The SMILES string of the molecule is COc1ccc2c(c1)C(NC1CC1)CCCS2. The Morgan fingerprint density at radius 1 is 1.29 bits per heavy atom. The van der Waals surface area contributed by atoms with E-state index in [0.29, 0.717) is 6.04 Å². The van der Waals surface area contributed by atoms with E-state index in [1.807, 2.05) is 11.8 Å². The van der Waals surface area contributed by atoms with Crippen molar-refractivity contribution in [2.45, 2.75) is 42.7 Å². The first-order chi connectivity index (χ1) is 8.36. The van der Waals surface area contributed by atoms with Gasteiger partial charge in [0.05, 0.1) is 7.11 Å². The molecule has 0 saturated heterocycles. The second-order valence-electron chi connectivity index (χ2n) is 4.89. The summed E-state index contributed by atoms with van der Waals surface area (Å²) in [5, 5.41) is 3.77. The van der Waals surface area contributed by atoms with Gasteiger partial charge in [-0.3, -0.25) is 0 Å². The molecule has 3 rings (SSSR count). The molecule has 1 heterocycles. The fraction of sp³-hybridized carbons (Fsp3) is 0.571. The number of thioether (sulfide) groups is 1. The van der Waals surface area contributed by atoms with Crippen molar-refractivity contribution in [2.24, 2.45) is 0 Å². The summed E-state index contributed by atoms with van der Waals surface area (Å²) in [6.07, 6.45) is 5.25. The van der Waals surface area contributed by atoms with E-state index in [4.69, 9.17) is 4.74 Å². The molecule has 1 aromatic rings. The molecule has 3 heteroatoms. The number of rotatable bonds is 3. The molecule has 1 aliphatic heterocycles. The largest absolute Gasteiger partial charge is 0.497 e. The molecule has 1 N–H and O–H groups in total. The van der Waals surface area contributed by atoms with Crippen molar-refractivity contribution >= 4 is 11.8 Å². The van der Waals surface area contributed by atoms with E-state index in [1.54, 1.807) is 7.11 Å². The van der Waals surface area contributed by atoms with Crippen LogP contribution in [-0.2, 0) is 0 Å². The van der Waals surface area contributed by atoms with Crippen molar-refractivity contribution in [3.8, 4) is 5.75 Å². The average Bonchev–Trinajstić information content (AvgIpc) is 3.17. The number of hydrogen-bond acceptors (Lipinski definition) is 3. The first-order valence-electron chi connectivity index (χ1n) is 6.43. The van der Waals surface area contributed by atoms with E-state index >= 15 is 0 Å². The highest BCUT2D eigenvalue weighted by Crippen LogP contribution is 2.38. The second kappa shape index (κ2) is 4.91. The molecule has 0 aromatic heterocycles. The lowest BCUT2D eigenvalue weighted by Gasteiger charge is -2.19. The van der Waals surface area contributed by atoms with E-state index in [0.717, 1.165) is 11.8 Å². The minimum Gasteiger partial charge on any atom is -0.497 e. The first kappa shape index (κ1) is 11.4. The molecule has 17 heavy (non-hydrogen) atoms. The van der Waals surface area contributed by atoms with Crippen LogP contribution in [0.2, 0.25) is 0 Å². The molecule has 1 unspecified atom stereocenters. The molecule has 1 atom stereocenters. The normalized spacial score (nSPS) is 23.9. The Hall–Kier alpha value is -0.670. The van der Waals surface area contributed by atoms with Crippen molar-refractivity contribution in [2.75, 3.05) is 12.9 Å². The fourth-order valence-corrected chi connectivity index (χ4v) is 3.45. The molecule has 0 amide bonds. The minimum atomic E-state index is 0.530. The van der Waals surface area contributed by atoms with Crippen LogP contribution in [0.5, 0.6) is 5.75 Å². The molecule has 0 radical (unpaired) electrons. The van der Waals surface area contributed by atoms with Gasteiger partial charge in [0, 0.05) is 17.0 Å². The lowest BCUT2D eigenvalue weighted by Crippen LogP contribution is -2.23. The average molecular weight is 249 g/mol. The molecule has 1 aliphatic carbocycles. The Balaban J connectivity index is 1.90. The lowest BCUT2D eigenvalue weighted by atomic mass is 10.0. The van der Waals surface area contributed by atoms with Gasteiger partial charge in [0.2, 0.25) is 0 Å². The third-order valence-electron chi connectivity index (χ3n) is 3.50. The number of hydrogen-bond donors (Lipinski definition) is 1. The van der Waals surface area contributed by atoms with E-state index in [9.17, 15) is 0 Å². The maximum absolute atomic E-state index is 5.35. The molecule has 2 aliphatic rings. The van der Waals surface area contributed by atoms with Gasteiger partial charge in [0.25, 0.3) is 0 Å². The third kappa shape index (κ3) is 2.61. The fourth-order valence-electron chi connectivity index (χ4n) is 2.39. The molecule has 92 valence electrons. The Kier molecular flexibility index (Phi) is 3.30. The molecule has 1 aromatic carbocycles. The Labute approximate surface area is 107 Å². The van der Waals surface area contributed by atoms with Gasteiger partial charge in [-0.05, 0) is 55.2 Å². The van der Waals surface area contributed by atoms with Gasteiger partial charge in [-0.25, -0.2) is 0 Å². The predicted octanol–water partition coefficient (Wildman–Crippen LogP) is 3.37. The maximum Gasteiger partial charge on any atom is 0.119 e. The highest BCUT2D eigenvalue weighted by Gasteiger charge is 2.27. The lowest BCUT2D eigenvalue weighted by molar-refractivity contribution is 0.411. The minimum absolute atomic E-state index is 0.530. The van der Waals surface area contributed by atoms with E-state index in [2.05, 4.69) is 23.5 Å². The first-order valence-corrected chi connectivity index (χ1v) is 7.42. The summed E-state index contributed by atoms with van der Waals surface area (Å²) < 4.78 is 5.35. The summed E-state index contributed by atoms with van der Waals surface area (Å²) in [5.74, 6) is 2.22. The molecular weight excluding hydrogens is 230 g/mol. The van der Waals surface area contributed by atoms with Crippen LogP contribution in [0.4, 0.5) is 0 Å². The highest BCUT2D eigenvalue weighted by molar-refractivity contribution is 7.99. The van der Waals surface area contributed by atoms with Gasteiger partial charge in [0.15, 0.2) is 0 Å². The van der Waals surface area contributed by atoms with Gasteiger partial charge in [-0.15, -0.1) is 11.8 Å². The van der Waals surface area contributed by atoms with Crippen LogP contribution in [-0.4, -0.2) is 18.9 Å². The zero-order valence-corrected chi connectivity index (χ0v) is 11.1. The van der Waals surface area contributed by atoms with Crippen molar-refractivity contribution in [3.63, 3.8) is 0 Å². The maximum atomic E-state index is 5.35. The number of benzene rings is 1. The molecule has 0 bridgehead atoms. The van der Waals surface area contributed by atoms with Crippen LogP contribution in [0.3, 0.4) is 0 Å². The topological polar surface area (TPSA) is 21.3 Å². The quantitative estimate of drug-likeness (QED) is 0.887. The zero-order chi connectivity index (χ0) is 11.7. The smallest absolute Gasteiger partial charge is 0.119 e. The Morgan fingerprint density at radius 2 is 2.18 bits per heavy atom. The number of fused-ring (bicyclic) bond motifs is 1. The van der Waals surface area contributed by atoms with Crippen molar-refractivity contribution in [1.82, 2.24) is 5.32 Å². The van der Waals surface area contributed by atoms with E-state index in [-0.39, 0.29) is 0 Å². The van der Waals surface area contributed by atoms with Crippen LogP contribution in [0.15, 0.2) is 23.1 Å². The monoisotopic (exact) mass is 249 g/mol. The standard InChI is InChI=1S/C14H19NOS/c1-16-11-6-7-14-12(9-11)13(3-2-8-17-14)15-10-4-5-10/h6-7,9-10,13,15H,2-5,8H2,1H3. The molecular formula is C14H19NOS. The van der Waals surface area contributed by atoms with Gasteiger partial charge in [-0.2, -0.15) is 0 Å². The zero-order valence-electron chi connectivity index (χ0n) is 10.2. The van der Waals surface area contributed by atoms with Crippen LogP contribution in [0, 0.1) is 0 Å². The van der Waals surface area contributed by atoms with Crippen LogP contribution in [0.25, 0.3) is 0 Å². The van der Waals surface area contributed by atoms with Gasteiger partial charge in [-0.1, -0.05) is 0 Å². The van der Waals surface area contributed by atoms with Gasteiger partial charge in [0.1, 0.15) is 5.75 Å². The summed E-state index contributed by atoms with van der Waals surface area (Å²) >= 11 is 1.98. The highest BCUT2D eigenvalue weighted by atomic mass is 32.2. The van der Waals surface area contributed by atoms with Crippen molar-refractivity contribution < 1.29 is 4.74 Å². The second-order valence-corrected chi connectivity index (χ2v) is 6.02.